The van der Waals surface area contributed by atoms with Crippen molar-refractivity contribution in [2.24, 2.45) is 0 Å². The highest BCUT2D eigenvalue weighted by molar-refractivity contribution is 5.74. The minimum absolute atomic E-state index is 0.172. The second kappa shape index (κ2) is 7.62. The van der Waals surface area contributed by atoms with Crippen molar-refractivity contribution >= 4 is 6.03 Å². The van der Waals surface area contributed by atoms with Crippen LogP contribution in [0.3, 0.4) is 0 Å². The first-order chi connectivity index (χ1) is 11.0. The number of aryl methyl sites for hydroxylation is 2. The van der Waals surface area contributed by atoms with Gasteiger partial charge < -0.3 is 19.9 Å². The lowest BCUT2D eigenvalue weighted by molar-refractivity contribution is 0.237. The number of benzene rings is 1. The normalized spacial score (nSPS) is 11.8. The number of hydrogen-bond acceptors (Lipinski definition) is 4. The number of nitrogens with zero attached hydrogens (tertiary/aromatic N) is 3. The molecule has 7 heteroatoms. The molecular formula is C16H23N5O2. The molecule has 2 aromatic rings. The average Bonchev–Trinajstić information content (AvgIpc) is 3.00. The molecular weight excluding hydrogens is 294 g/mol. The Morgan fingerprint density at radius 1 is 1.43 bits per heavy atom. The Kier molecular flexibility index (Phi) is 5.56. The van der Waals surface area contributed by atoms with Crippen molar-refractivity contribution < 1.29 is 9.53 Å². The summed E-state index contributed by atoms with van der Waals surface area (Å²) in [7, 11) is 1.62. The zero-order valence-electron chi connectivity index (χ0n) is 14.0. The third-order valence-corrected chi connectivity index (χ3v) is 3.64. The standard InChI is InChI=1S/C16H23N5O2/c1-5-21-10-18-20-15(21)9-17-16(22)19-12(3)13-8-11(2)6-7-14(13)23-4/h6-8,10,12H,5,9H2,1-4H3,(H2,17,19,22)/t12-/m1/s1. The third kappa shape index (κ3) is 4.21. The Bertz CT molecular complexity index is 668. The highest BCUT2D eigenvalue weighted by Crippen LogP contribution is 2.25. The lowest BCUT2D eigenvalue weighted by Gasteiger charge is -2.18. The zero-order valence-corrected chi connectivity index (χ0v) is 14.0. The Morgan fingerprint density at radius 2 is 2.22 bits per heavy atom. The van der Waals surface area contributed by atoms with Gasteiger partial charge in [-0.2, -0.15) is 0 Å². The maximum absolute atomic E-state index is 12.1. The predicted octanol–water partition coefficient (Wildman–Crippen LogP) is 2.18. The summed E-state index contributed by atoms with van der Waals surface area (Å²) in [5.74, 6) is 1.48. The van der Waals surface area contributed by atoms with Gasteiger partial charge in [0.05, 0.1) is 19.7 Å². The molecule has 2 rings (SSSR count). The molecule has 0 radical (unpaired) electrons. The summed E-state index contributed by atoms with van der Waals surface area (Å²) >= 11 is 0. The van der Waals surface area contributed by atoms with Gasteiger partial charge in [0.1, 0.15) is 12.1 Å². The predicted molar refractivity (Wildman–Crippen MR) is 87.2 cm³/mol. The molecule has 0 aliphatic heterocycles. The van der Waals surface area contributed by atoms with Crippen molar-refractivity contribution in [2.45, 2.75) is 39.9 Å². The maximum Gasteiger partial charge on any atom is 0.315 e. The third-order valence-electron chi connectivity index (χ3n) is 3.64. The van der Waals surface area contributed by atoms with E-state index in [9.17, 15) is 4.79 Å². The second-order valence-electron chi connectivity index (χ2n) is 5.33. The summed E-state index contributed by atoms with van der Waals surface area (Å²) in [6, 6.07) is 5.47. The smallest absolute Gasteiger partial charge is 0.315 e. The number of amides is 2. The van der Waals surface area contributed by atoms with Gasteiger partial charge in [0.2, 0.25) is 0 Å². The minimum Gasteiger partial charge on any atom is -0.496 e. The number of nitrogens with one attached hydrogen (secondary N) is 2. The van der Waals surface area contributed by atoms with Gasteiger partial charge in [-0.1, -0.05) is 17.7 Å². The van der Waals surface area contributed by atoms with Crippen LogP contribution in [0, 0.1) is 6.92 Å². The molecule has 0 unspecified atom stereocenters. The number of rotatable bonds is 6. The van der Waals surface area contributed by atoms with Crippen LogP contribution < -0.4 is 15.4 Å². The number of carbonyl (C=O) groups is 1. The number of hydrogen-bond donors (Lipinski definition) is 2. The van der Waals surface area contributed by atoms with Gasteiger partial charge in [0.15, 0.2) is 5.82 Å². The molecule has 124 valence electrons. The van der Waals surface area contributed by atoms with E-state index in [2.05, 4.69) is 20.8 Å². The van der Waals surface area contributed by atoms with Crippen LogP contribution in [0.25, 0.3) is 0 Å². The number of urea groups is 1. The van der Waals surface area contributed by atoms with Gasteiger partial charge in [-0.3, -0.25) is 0 Å². The maximum atomic E-state index is 12.1. The molecule has 1 aromatic heterocycles. The first kappa shape index (κ1) is 16.8. The SMILES string of the molecule is CCn1cnnc1CNC(=O)N[C@H](C)c1cc(C)ccc1OC. The Morgan fingerprint density at radius 3 is 2.91 bits per heavy atom. The summed E-state index contributed by atoms with van der Waals surface area (Å²) in [6.45, 7) is 7.03. The van der Waals surface area contributed by atoms with Crippen molar-refractivity contribution in [1.82, 2.24) is 25.4 Å². The monoisotopic (exact) mass is 317 g/mol. The van der Waals surface area contributed by atoms with Crippen molar-refractivity contribution in [3.05, 3.63) is 41.5 Å². The van der Waals surface area contributed by atoms with Gasteiger partial charge in [0, 0.05) is 12.1 Å². The van der Waals surface area contributed by atoms with Crippen LogP contribution in [0.15, 0.2) is 24.5 Å². The van der Waals surface area contributed by atoms with Crippen LogP contribution in [0.1, 0.15) is 36.8 Å². The lowest BCUT2D eigenvalue weighted by atomic mass is 10.0. The van der Waals surface area contributed by atoms with Crippen molar-refractivity contribution in [3.63, 3.8) is 0 Å². The summed E-state index contributed by atoms with van der Waals surface area (Å²) in [6.07, 6.45) is 1.65. The second-order valence-corrected chi connectivity index (χ2v) is 5.33. The van der Waals surface area contributed by atoms with E-state index in [1.54, 1.807) is 13.4 Å². The fourth-order valence-corrected chi connectivity index (χ4v) is 2.36. The molecule has 0 bridgehead atoms. The first-order valence-corrected chi connectivity index (χ1v) is 7.60. The molecule has 0 fully saturated rings. The quantitative estimate of drug-likeness (QED) is 0.855. The van der Waals surface area contributed by atoms with Crippen LogP contribution in [0.5, 0.6) is 5.75 Å². The molecule has 1 atom stereocenters. The molecule has 0 aliphatic carbocycles. The van der Waals surface area contributed by atoms with E-state index < -0.39 is 0 Å². The lowest BCUT2D eigenvalue weighted by Crippen LogP contribution is -2.37. The van der Waals surface area contributed by atoms with Gasteiger partial charge in [-0.15, -0.1) is 10.2 Å². The van der Waals surface area contributed by atoms with E-state index in [1.165, 1.54) is 0 Å². The highest BCUT2D eigenvalue weighted by Gasteiger charge is 2.14. The number of methoxy groups -OCH3 is 1. The number of carbonyl (C=O) groups excluding carboxylic acids is 1. The van der Waals surface area contributed by atoms with E-state index in [1.807, 2.05) is 43.5 Å². The van der Waals surface area contributed by atoms with Crippen molar-refractivity contribution in [1.29, 1.82) is 0 Å². The first-order valence-electron chi connectivity index (χ1n) is 7.60. The van der Waals surface area contributed by atoms with Crippen LogP contribution in [-0.2, 0) is 13.1 Å². The number of aromatic nitrogens is 3. The van der Waals surface area contributed by atoms with Gasteiger partial charge in [-0.05, 0) is 26.8 Å². The van der Waals surface area contributed by atoms with E-state index >= 15 is 0 Å². The van der Waals surface area contributed by atoms with Crippen molar-refractivity contribution in [2.75, 3.05) is 7.11 Å². The molecule has 0 saturated carbocycles. The van der Waals surface area contributed by atoms with E-state index in [4.69, 9.17) is 4.74 Å². The van der Waals surface area contributed by atoms with E-state index in [-0.39, 0.29) is 12.1 Å². The van der Waals surface area contributed by atoms with Crippen LogP contribution in [0.2, 0.25) is 0 Å². The molecule has 1 aromatic carbocycles. The zero-order chi connectivity index (χ0) is 16.8. The van der Waals surface area contributed by atoms with Gasteiger partial charge in [0.25, 0.3) is 0 Å². The fraction of sp³-hybridized carbons (Fsp3) is 0.438. The Balaban J connectivity index is 1.96. The van der Waals surface area contributed by atoms with Crippen LogP contribution in [0.4, 0.5) is 4.79 Å². The largest absolute Gasteiger partial charge is 0.496 e. The molecule has 1 heterocycles. The summed E-state index contributed by atoms with van der Waals surface area (Å²) < 4.78 is 7.24. The summed E-state index contributed by atoms with van der Waals surface area (Å²) in [4.78, 5) is 12.1. The molecule has 2 N–H and O–H groups in total. The Hall–Kier alpha value is -2.57. The molecule has 0 spiro atoms. The molecule has 7 nitrogen and oxygen atoms in total. The van der Waals surface area contributed by atoms with Gasteiger partial charge in [-0.25, -0.2) is 4.79 Å². The number of ether oxygens (including phenoxy) is 1. The molecule has 2 amide bonds. The fourth-order valence-electron chi connectivity index (χ4n) is 2.36. The highest BCUT2D eigenvalue weighted by atomic mass is 16.5. The average molecular weight is 317 g/mol. The van der Waals surface area contributed by atoms with Crippen molar-refractivity contribution in [3.8, 4) is 5.75 Å². The van der Waals surface area contributed by atoms with E-state index in [0.29, 0.717) is 6.54 Å². The summed E-state index contributed by atoms with van der Waals surface area (Å²) in [5, 5.41) is 13.5. The molecule has 23 heavy (non-hydrogen) atoms. The Labute approximate surface area is 136 Å². The van der Waals surface area contributed by atoms with Gasteiger partial charge >= 0.3 is 6.03 Å². The van der Waals surface area contributed by atoms with Crippen LogP contribution in [-0.4, -0.2) is 27.9 Å². The minimum atomic E-state index is -0.258. The molecule has 0 aliphatic rings. The summed E-state index contributed by atoms with van der Waals surface area (Å²) in [5.41, 5.74) is 2.06. The topological polar surface area (TPSA) is 81.1 Å². The molecule has 0 saturated heterocycles. The van der Waals surface area contributed by atoms with Crippen LogP contribution >= 0.6 is 0 Å². The van der Waals surface area contributed by atoms with E-state index in [0.717, 1.165) is 29.2 Å².